The zero-order valence-corrected chi connectivity index (χ0v) is 21.4. The van der Waals surface area contributed by atoms with Crippen LogP contribution in [0.5, 0.6) is 5.75 Å². The van der Waals surface area contributed by atoms with E-state index in [0.717, 1.165) is 24.5 Å². The summed E-state index contributed by atoms with van der Waals surface area (Å²) in [5.74, 6) is 1.06. The summed E-state index contributed by atoms with van der Waals surface area (Å²) in [6.45, 7) is 2.70. The fourth-order valence-electron chi connectivity index (χ4n) is 4.11. The third-order valence-electron chi connectivity index (χ3n) is 5.92. The molecule has 2 aromatic carbocycles. The molecular formula is C25H23ClN4O3S2. The number of hydrogen-bond donors (Lipinski definition) is 0. The number of benzene rings is 2. The Labute approximate surface area is 215 Å². The quantitative estimate of drug-likeness (QED) is 0.271. The number of anilines is 1. The lowest BCUT2D eigenvalue weighted by atomic mass is 10.2. The lowest BCUT2D eigenvalue weighted by molar-refractivity contribution is -0.128. The SMILES string of the molecule is COc1ccccc1N1CCN(C(=O)CSc2nc3ccsc3c(=O)n2-c2ccc(Cl)cc2)CC1. The zero-order chi connectivity index (χ0) is 24.4. The first-order valence-electron chi connectivity index (χ1n) is 11.1. The van der Waals surface area contributed by atoms with Gasteiger partial charge in [-0.05, 0) is 47.8 Å². The number of halogens is 1. The molecule has 1 aliphatic heterocycles. The van der Waals surface area contributed by atoms with Crippen LogP contribution in [0, 0.1) is 0 Å². The summed E-state index contributed by atoms with van der Waals surface area (Å²) in [6, 6.07) is 16.8. The molecule has 1 fully saturated rings. The van der Waals surface area contributed by atoms with E-state index in [-0.39, 0.29) is 17.2 Å². The van der Waals surface area contributed by atoms with Crippen molar-refractivity contribution in [1.29, 1.82) is 0 Å². The molecule has 0 N–H and O–H groups in total. The van der Waals surface area contributed by atoms with Crippen molar-refractivity contribution >= 4 is 56.5 Å². The van der Waals surface area contributed by atoms with Crippen LogP contribution in [0.3, 0.4) is 0 Å². The molecule has 3 heterocycles. The van der Waals surface area contributed by atoms with Crippen molar-refractivity contribution in [2.75, 3.05) is 43.9 Å². The summed E-state index contributed by atoms with van der Waals surface area (Å²) in [5.41, 5.74) is 2.21. The first kappa shape index (κ1) is 23.7. The largest absolute Gasteiger partial charge is 0.495 e. The summed E-state index contributed by atoms with van der Waals surface area (Å²) in [4.78, 5) is 35.1. The van der Waals surface area contributed by atoms with Crippen LogP contribution in [0.25, 0.3) is 15.9 Å². The first-order chi connectivity index (χ1) is 17.0. The number of thioether (sulfide) groups is 1. The fraction of sp³-hybridized carbons (Fsp3) is 0.240. The van der Waals surface area contributed by atoms with Gasteiger partial charge in [-0.2, -0.15) is 0 Å². The minimum absolute atomic E-state index is 0.0250. The van der Waals surface area contributed by atoms with E-state index in [1.54, 1.807) is 35.9 Å². The normalized spacial score (nSPS) is 13.9. The molecule has 1 saturated heterocycles. The Morgan fingerprint density at radius 1 is 1.09 bits per heavy atom. The Morgan fingerprint density at radius 3 is 2.57 bits per heavy atom. The van der Waals surface area contributed by atoms with E-state index in [1.807, 2.05) is 40.6 Å². The van der Waals surface area contributed by atoms with Crippen molar-refractivity contribution < 1.29 is 9.53 Å². The number of amides is 1. The van der Waals surface area contributed by atoms with Gasteiger partial charge in [0, 0.05) is 31.2 Å². The second-order valence-electron chi connectivity index (χ2n) is 7.97. The molecule has 180 valence electrons. The Balaban J connectivity index is 1.31. The van der Waals surface area contributed by atoms with E-state index in [0.29, 0.717) is 39.2 Å². The van der Waals surface area contributed by atoms with Gasteiger partial charge in [0.05, 0.1) is 29.8 Å². The maximum absolute atomic E-state index is 13.2. The topological polar surface area (TPSA) is 67.7 Å². The lowest BCUT2D eigenvalue weighted by Crippen LogP contribution is -2.49. The minimum atomic E-state index is -0.146. The maximum Gasteiger partial charge on any atom is 0.276 e. The third kappa shape index (κ3) is 4.89. The smallest absolute Gasteiger partial charge is 0.276 e. The summed E-state index contributed by atoms with van der Waals surface area (Å²) in [7, 11) is 1.67. The van der Waals surface area contributed by atoms with Crippen molar-refractivity contribution in [3.63, 3.8) is 0 Å². The van der Waals surface area contributed by atoms with E-state index >= 15 is 0 Å². The van der Waals surface area contributed by atoms with E-state index in [9.17, 15) is 9.59 Å². The van der Waals surface area contributed by atoms with E-state index in [4.69, 9.17) is 21.3 Å². The van der Waals surface area contributed by atoms with E-state index < -0.39 is 0 Å². The monoisotopic (exact) mass is 526 g/mol. The Kier molecular flexibility index (Phi) is 6.99. The summed E-state index contributed by atoms with van der Waals surface area (Å²) in [6.07, 6.45) is 0. The minimum Gasteiger partial charge on any atom is -0.495 e. The molecule has 0 radical (unpaired) electrons. The van der Waals surface area contributed by atoms with Crippen LogP contribution >= 0.6 is 34.7 Å². The molecule has 2 aromatic heterocycles. The van der Waals surface area contributed by atoms with Gasteiger partial charge >= 0.3 is 0 Å². The number of rotatable bonds is 6. The summed E-state index contributed by atoms with van der Waals surface area (Å²) < 4.78 is 7.63. The van der Waals surface area contributed by atoms with Gasteiger partial charge in [0.2, 0.25) is 5.91 Å². The van der Waals surface area contributed by atoms with Crippen LogP contribution < -0.4 is 15.2 Å². The molecule has 35 heavy (non-hydrogen) atoms. The molecule has 7 nitrogen and oxygen atoms in total. The Morgan fingerprint density at radius 2 is 1.83 bits per heavy atom. The number of nitrogens with zero attached hydrogens (tertiary/aromatic N) is 4. The highest BCUT2D eigenvalue weighted by Gasteiger charge is 2.24. The molecule has 0 bridgehead atoms. The van der Waals surface area contributed by atoms with Crippen molar-refractivity contribution in [3.8, 4) is 11.4 Å². The van der Waals surface area contributed by atoms with Crippen LogP contribution in [-0.2, 0) is 4.79 Å². The molecule has 4 aromatic rings. The average Bonchev–Trinajstić information content (AvgIpc) is 3.37. The van der Waals surface area contributed by atoms with Gasteiger partial charge in [0.25, 0.3) is 5.56 Å². The number of piperazine rings is 1. The summed E-state index contributed by atoms with van der Waals surface area (Å²) in [5, 5.41) is 2.93. The molecule has 0 aliphatic carbocycles. The Bertz CT molecular complexity index is 1410. The molecule has 0 saturated carbocycles. The predicted octanol–water partition coefficient (Wildman–Crippen LogP) is 4.55. The number of aromatic nitrogens is 2. The number of fused-ring (bicyclic) bond motifs is 1. The number of ether oxygens (including phenoxy) is 1. The van der Waals surface area contributed by atoms with Crippen molar-refractivity contribution in [2.24, 2.45) is 0 Å². The van der Waals surface area contributed by atoms with Crippen molar-refractivity contribution in [2.45, 2.75) is 5.16 Å². The van der Waals surface area contributed by atoms with Crippen LogP contribution in [0.4, 0.5) is 5.69 Å². The molecule has 1 aliphatic rings. The maximum atomic E-state index is 13.2. The van der Waals surface area contributed by atoms with E-state index in [2.05, 4.69) is 4.90 Å². The highest BCUT2D eigenvalue weighted by molar-refractivity contribution is 7.99. The van der Waals surface area contributed by atoms with Crippen LogP contribution in [0.15, 0.2) is 69.9 Å². The van der Waals surface area contributed by atoms with Crippen LogP contribution in [-0.4, -0.2) is 59.4 Å². The fourth-order valence-corrected chi connectivity index (χ4v) is 5.91. The van der Waals surface area contributed by atoms with Crippen molar-refractivity contribution in [1.82, 2.24) is 14.5 Å². The Hall–Kier alpha value is -3.01. The third-order valence-corrected chi connectivity index (χ3v) is 7.98. The number of thiophene rings is 1. The standard InChI is InChI=1S/C25H23ClN4O3S2/c1-33-21-5-3-2-4-20(21)28-11-13-29(14-12-28)22(31)16-35-25-27-19-10-15-34-23(19)24(32)30(25)18-8-6-17(26)7-9-18/h2-10,15H,11-14,16H2,1H3. The molecule has 0 unspecified atom stereocenters. The van der Waals surface area contributed by atoms with E-state index in [1.165, 1.54) is 23.1 Å². The highest BCUT2D eigenvalue weighted by atomic mass is 35.5. The number of carbonyl (C=O) groups excluding carboxylic acids is 1. The van der Waals surface area contributed by atoms with Crippen LogP contribution in [0.1, 0.15) is 0 Å². The molecule has 0 atom stereocenters. The molecular weight excluding hydrogens is 504 g/mol. The molecule has 0 spiro atoms. The number of methoxy groups -OCH3 is 1. The molecule has 1 amide bonds. The average molecular weight is 527 g/mol. The van der Waals surface area contributed by atoms with Crippen molar-refractivity contribution in [3.05, 3.63) is 75.4 Å². The zero-order valence-electron chi connectivity index (χ0n) is 19.0. The van der Waals surface area contributed by atoms with Gasteiger partial charge in [-0.15, -0.1) is 11.3 Å². The van der Waals surface area contributed by atoms with Gasteiger partial charge in [0.15, 0.2) is 5.16 Å². The number of hydrogen-bond acceptors (Lipinski definition) is 7. The first-order valence-corrected chi connectivity index (χ1v) is 13.3. The number of carbonyl (C=O) groups is 1. The van der Waals surface area contributed by atoms with Gasteiger partial charge < -0.3 is 14.5 Å². The highest BCUT2D eigenvalue weighted by Crippen LogP contribution is 2.29. The molecule has 5 rings (SSSR count). The van der Waals surface area contributed by atoms with Gasteiger partial charge in [-0.25, -0.2) is 4.98 Å². The second kappa shape index (κ2) is 10.3. The van der Waals surface area contributed by atoms with Gasteiger partial charge in [-0.3, -0.25) is 14.2 Å². The number of para-hydroxylation sites is 2. The lowest BCUT2D eigenvalue weighted by Gasteiger charge is -2.36. The van der Waals surface area contributed by atoms with Crippen LogP contribution in [0.2, 0.25) is 5.02 Å². The second-order valence-corrected chi connectivity index (χ2v) is 10.3. The molecule has 10 heteroatoms. The van der Waals surface area contributed by atoms with Gasteiger partial charge in [0.1, 0.15) is 10.4 Å². The summed E-state index contributed by atoms with van der Waals surface area (Å²) >= 11 is 8.69. The van der Waals surface area contributed by atoms with Gasteiger partial charge in [-0.1, -0.05) is 35.5 Å². The predicted molar refractivity (Wildman–Crippen MR) is 143 cm³/mol.